The molecule has 4 aromatic rings. The Bertz CT molecular complexity index is 1230. The number of nitrogens with zero attached hydrogens (tertiary/aromatic N) is 2. The summed E-state index contributed by atoms with van der Waals surface area (Å²) in [6.07, 6.45) is 0. The van der Waals surface area contributed by atoms with Gasteiger partial charge in [0, 0.05) is 12.7 Å². The summed E-state index contributed by atoms with van der Waals surface area (Å²) >= 11 is 5.45. The van der Waals surface area contributed by atoms with E-state index >= 15 is 0 Å². The maximum Gasteiger partial charge on any atom is 0.295 e. The van der Waals surface area contributed by atoms with Crippen molar-refractivity contribution in [3.05, 3.63) is 101 Å². The fourth-order valence-electron chi connectivity index (χ4n) is 3.36. The minimum Gasteiger partial charge on any atom is -0.332 e. The molecular formula is C24H22N4OS. The monoisotopic (exact) mass is 414 g/mol. The largest absolute Gasteiger partial charge is 0.332 e. The minimum absolute atomic E-state index is 0.148. The first-order valence-corrected chi connectivity index (χ1v) is 10.0. The van der Waals surface area contributed by atoms with E-state index in [9.17, 15) is 4.79 Å². The van der Waals surface area contributed by atoms with Gasteiger partial charge < -0.3 is 10.6 Å². The predicted molar refractivity (Wildman–Crippen MR) is 127 cm³/mol. The van der Waals surface area contributed by atoms with Crippen LogP contribution in [0.25, 0.3) is 16.8 Å². The second-order valence-corrected chi connectivity index (χ2v) is 7.37. The standard InChI is InChI=1S/C24H22N4OS/c1-17-22(23(29)28(27(17)2)21-11-7-4-8-12-21)26-24(30)25-20-15-13-19(14-16-20)18-9-5-3-6-10-18/h3-16H,1-2H3,(H2,25,26,30). The Morgan fingerprint density at radius 2 is 1.37 bits per heavy atom. The van der Waals surface area contributed by atoms with Gasteiger partial charge in [-0.05, 0) is 54.5 Å². The first-order valence-electron chi connectivity index (χ1n) is 9.62. The van der Waals surface area contributed by atoms with E-state index in [1.165, 1.54) is 0 Å². The van der Waals surface area contributed by atoms with E-state index in [4.69, 9.17) is 12.2 Å². The van der Waals surface area contributed by atoms with Crippen LogP contribution < -0.4 is 16.2 Å². The van der Waals surface area contributed by atoms with Crippen LogP contribution in [0.1, 0.15) is 5.69 Å². The first-order chi connectivity index (χ1) is 14.5. The third-order valence-electron chi connectivity index (χ3n) is 5.04. The lowest BCUT2D eigenvalue weighted by Gasteiger charge is -2.10. The Balaban J connectivity index is 1.52. The smallest absolute Gasteiger partial charge is 0.295 e. The van der Waals surface area contributed by atoms with Crippen molar-refractivity contribution in [2.24, 2.45) is 7.05 Å². The molecule has 0 amide bonds. The molecule has 0 fully saturated rings. The molecule has 0 bridgehead atoms. The van der Waals surface area contributed by atoms with Gasteiger partial charge in [-0.15, -0.1) is 0 Å². The summed E-state index contributed by atoms with van der Waals surface area (Å²) < 4.78 is 3.44. The molecule has 6 heteroatoms. The number of para-hydroxylation sites is 1. The number of rotatable bonds is 4. The molecule has 0 aliphatic rings. The van der Waals surface area contributed by atoms with Crippen molar-refractivity contribution >= 4 is 28.7 Å². The topological polar surface area (TPSA) is 51.0 Å². The van der Waals surface area contributed by atoms with Crippen molar-refractivity contribution < 1.29 is 0 Å². The molecule has 0 saturated carbocycles. The van der Waals surface area contributed by atoms with Crippen molar-refractivity contribution in [1.29, 1.82) is 0 Å². The highest BCUT2D eigenvalue weighted by atomic mass is 32.1. The molecule has 0 saturated heterocycles. The summed E-state index contributed by atoms with van der Waals surface area (Å²) in [5.41, 5.74) is 5.05. The molecule has 0 atom stereocenters. The molecule has 0 aliphatic carbocycles. The number of hydrogen-bond donors (Lipinski definition) is 2. The van der Waals surface area contributed by atoms with E-state index in [1.54, 1.807) is 4.68 Å². The second kappa shape index (κ2) is 8.39. The third-order valence-corrected chi connectivity index (χ3v) is 5.25. The van der Waals surface area contributed by atoms with Gasteiger partial charge >= 0.3 is 0 Å². The molecule has 150 valence electrons. The Kier molecular flexibility index (Phi) is 5.50. The SMILES string of the molecule is Cc1c(NC(=S)Nc2ccc(-c3ccccc3)cc2)c(=O)n(-c2ccccc2)n1C. The van der Waals surface area contributed by atoms with E-state index in [2.05, 4.69) is 22.8 Å². The Hall–Kier alpha value is -3.64. The van der Waals surface area contributed by atoms with Crippen LogP contribution in [0, 0.1) is 6.92 Å². The summed E-state index contributed by atoms with van der Waals surface area (Å²) in [6, 6.07) is 27.7. The van der Waals surface area contributed by atoms with Gasteiger partial charge in [0.05, 0.1) is 11.4 Å². The van der Waals surface area contributed by atoms with Crippen molar-refractivity contribution in [1.82, 2.24) is 9.36 Å². The van der Waals surface area contributed by atoms with Crippen LogP contribution in [0.3, 0.4) is 0 Å². The quantitative estimate of drug-likeness (QED) is 0.464. The zero-order valence-electron chi connectivity index (χ0n) is 16.8. The zero-order chi connectivity index (χ0) is 21.1. The molecule has 30 heavy (non-hydrogen) atoms. The molecule has 3 aromatic carbocycles. The number of thiocarbonyl (C=S) groups is 1. The second-order valence-electron chi connectivity index (χ2n) is 6.96. The van der Waals surface area contributed by atoms with Crippen molar-refractivity contribution in [3.63, 3.8) is 0 Å². The van der Waals surface area contributed by atoms with Crippen molar-refractivity contribution in [3.8, 4) is 16.8 Å². The summed E-state index contributed by atoms with van der Waals surface area (Å²) in [4.78, 5) is 13.0. The van der Waals surface area contributed by atoms with Crippen LogP contribution >= 0.6 is 12.2 Å². The molecular weight excluding hydrogens is 392 g/mol. The predicted octanol–water partition coefficient (Wildman–Crippen LogP) is 4.96. The first kappa shape index (κ1) is 19.7. The van der Waals surface area contributed by atoms with E-state index in [-0.39, 0.29) is 5.56 Å². The highest BCUT2D eigenvalue weighted by Crippen LogP contribution is 2.21. The van der Waals surface area contributed by atoms with Crippen LogP contribution in [0.2, 0.25) is 0 Å². The number of benzene rings is 3. The number of aromatic nitrogens is 2. The zero-order valence-corrected chi connectivity index (χ0v) is 17.6. The highest BCUT2D eigenvalue weighted by molar-refractivity contribution is 7.80. The lowest BCUT2D eigenvalue weighted by Crippen LogP contribution is -2.25. The Labute approximate surface area is 180 Å². The maximum absolute atomic E-state index is 13.0. The van der Waals surface area contributed by atoms with Gasteiger partial charge in [-0.1, -0.05) is 60.7 Å². The van der Waals surface area contributed by atoms with Crippen LogP contribution in [-0.4, -0.2) is 14.5 Å². The molecule has 4 rings (SSSR count). The number of nitrogens with one attached hydrogen (secondary N) is 2. The Morgan fingerprint density at radius 1 is 0.800 bits per heavy atom. The lowest BCUT2D eigenvalue weighted by atomic mass is 10.1. The highest BCUT2D eigenvalue weighted by Gasteiger charge is 2.17. The Morgan fingerprint density at radius 3 is 2.00 bits per heavy atom. The lowest BCUT2D eigenvalue weighted by molar-refractivity contribution is 0.630. The third kappa shape index (κ3) is 3.90. The van der Waals surface area contributed by atoms with Gasteiger partial charge in [0.1, 0.15) is 5.69 Å². The number of hydrogen-bond acceptors (Lipinski definition) is 2. The summed E-state index contributed by atoms with van der Waals surface area (Å²) in [5, 5.41) is 6.59. The van der Waals surface area contributed by atoms with Gasteiger partial charge in [0.25, 0.3) is 5.56 Å². The van der Waals surface area contributed by atoms with E-state index < -0.39 is 0 Å². The maximum atomic E-state index is 13.0. The van der Waals surface area contributed by atoms with E-state index in [1.807, 2.05) is 91.4 Å². The fourth-order valence-corrected chi connectivity index (χ4v) is 3.58. The fraction of sp³-hybridized carbons (Fsp3) is 0.0833. The van der Waals surface area contributed by atoms with Gasteiger partial charge in [0.2, 0.25) is 0 Å². The molecule has 1 heterocycles. The normalized spacial score (nSPS) is 10.6. The summed E-state index contributed by atoms with van der Waals surface area (Å²) in [7, 11) is 1.85. The van der Waals surface area contributed by atoms with Crippen molar-refractivity contribution in [2.45, 2.75) is 6.92 Å². The number of anilines is 2. The van der Waals surface area contributed by atoms with E-state index in [0.717, 1.165) is 28.2 Å². The summed E-state index contributed by atoms with van der Waals surface area (Å²) in [5.74, 6) is 0. The van der Waals surface area contributed by atoms with Crippen molar-refractivity contribution in [2.75, 3.05) is 10.6 Å². The minimum atomic E-state index is -0.148. The van der Waals surface area contributed by atoms with Gasteiger partial charge in [-0.3, -0.25) is 9.48 Å². The van der Waals surface area contributed by atoms with Crippen LogP contribution in [0.4, 0.5) is 11.4 Å². The van der Waals surface area contributed by atoms with Crippen LogP contribution in [0.5, 0.6) is 0 Å². The molecule has 2 N–H and O–H groups in total. The molecule has 5 nitrogen and oxygen atoms in total. The van der Waals surface area contributed by atoms with Gasteiger partial charge in [-0.2, -0.15) is 0 Å². The average molecular weight is 415 g/mol. The van der Waals surface area contributed by atoms with Crippen LogP contribution in [-0.2, 0) is 7.05 Å². The van der Waals surface area contributed by atoms with E-state index in [0.29, 0.717) is 10.8 Å². The van der Waals surface area contributed by atoms with Gasteiger partial charge in [0.15, 0.2) is 5.11 Å². The molecule has 0 radical (unpaired) electrons. The molecule has 0 aliphatic heterocycles. The molecule has 0 spiro atoms. The summed E-state index contributed by atoms with van der Waals surface area (Å²) in [6.45, 7) is 1.89. The van der Waals surface area contributed by atoms with Gasteiger partial charge in [-0.25, -0.2) is 4.68 Å². The van der Waals surface area contributed by atoms with Crippen LogP contribution in [0.15, 0.2) is 89.7 Å². The molecule has 0 unspecified atom stereocenters. The average Bonchev–Trinajstić information content (AvgIpc) is 2.98. The molecule has 1 aromatic heterocycles.